The number of thiophene rings is 1. The minimum atomic E-state index is -4.64. The number of carbonyl (C=O) groups is 2. The number of alkyl halides is 3. The Morgan fingerprint density at radius 1 is 1.07 bits per heavy atom. The lowest BCUT2D eigenvalue weighted by Gasteiger charge is -2.35. The maximum Gasteiger partial charge on any atom is 0.417 e. The molecule has 11 heteroatoms. The molecule has 0 spiro atoms. The second kappa shape index (κ2) is 7.82. The molecule has 2 heterocycles. The molecule has 1 aromatic carbocycles. The SMILES string of the molecule is Cc1sc(C(=O)N2CCN(C(=O)c3ccccc3C(F)(F)F)CC2)cc1[N+](=O)[O-]. The van der Waals surface area contributed by atoms with Gasteiger partial charge in [-0.25, -0.2) is 0 Å². The fourth-order valence-electron chi connectivity index (χ4n) is 3.11. The number of halogens is 3. The predicted molar refractivity (Wildman–Crippen MR) is 99.0 cm³/mol. The molecule has 0 unspecified atom stereocenters. The molecule has 1 fully saturated rings. The van der Waals surface area contributed by atoms with E-state index < -0.39 is 34.0 Å². The van der Waals surface area contributed by atoms with Crippen molar-refractivity contribution < 1.29 is 27.7 Å². The summed E-state index contributed by atoms with van der Waals surface area (Å²) in [6.45, 7) is 1.95. The van der Waals surface area contributed by atoms with Crippen LogP contribution in [-0.2, 0) is 6.18 Å². The molecule has 3 rings (SSSR count). The first-order valence-electron chi connectivity index (χ1n) is 8.59. The molecule has 0 saturated carbocycles. The monoisotopic (exact) mass is 427 g/mol. The summed E-state index contributed by atoms with van der Waals surface area (Å²) in [5.41, 5.74) is -1.55. The average Bonchev–Trinajstić information content (AvgIpc) is 3.08. The molecule has 2 aromatic rings. The van der Waals surface area contributed by atoms with Crippen molar-refractivity contribution in [1.82, 2.24) is 9.80 Å². The van der Waals surface area contributed by atoms with Gasteiger partial charge >= 0.3 is 6.18 Å². The van der Waals surface area contributed by atoms with Crippen LogP contribution < -0.4 is 0 Å². The number of benzene rings is 1. The topological polar surface area (TPSA) is 83.8 Å². The summed E-state index contributed by atoms with van der Waals surface area (Å²) < 4.78 is 39.5. The maximum atomic E-state index is 13.2. The molecule has 1 aromatic heterocycles. The smallest absolute Gasteiger partial charge is 0.335 e. The highest BCUT2D eigenvalue weighted by atomic mass is 32.1. The molecular formula is C18H16F3N3O4S. The largest absolute Gasteiger partial charge is 0.417 e. The van der Waals surface area contributed by atoms with Crippen LogP contribution >= 0.6 is 11.3 Å². The zero-order chi connectivity index (χ0) is 21.3. The zero-order valence-corrected chi connectivity index (χ0v) is 16.0. The van der Waals surface area contributed by atoms with Crippen molar-refractivity contribution in [3.8, 4) is 0 Å². The number of aryl methyl sites for hydroxylation is 1. The molecule has 0 bridgehead atoms. The quantitative estimate of drug-likeness (QED) is 0.554. The van der Waals surface area contributed by atoms with E-state index >= 15 is 0 Å². The van der Waals surface area contributed by atoms with Crippen molar-refractivity contribution in [3.63, 3.8) is 0 Å². The van der Waals surface area contributed by atoms with E-state index in [1.54, 1.807) is 6.92 Å². The lowest BCUT2D eigenvalue weighted by atomic mass is 10.1. The van der Waals surface area contributed by atoms with Crippen LogP contribution in [0.5, 0.6) is 0 Å². The number of amides is 2. The lowest BCUT2D eigenvalue weighted by Crippen LogP contribution is -2.50. The molecule has 1 saturated heterocycles. The lowest BCUT2D eigenvalue weighted by molar-refractivity contribution is -0.385. The molecule has 0 atom stereocenters. The van der Waals surface area contributed by atoms with Gasteiger partial charge in [0.1, 0.15) is 0 Å². The molecule has 2 amide bonds. The Morgan fingerprint density at radius 3 is 2.14 bits per heavy atom. The van der Waals surface area contributed by atoms with Gasteiger partial charge < -0.3 is 9.80 Å². The Labute approximate surface area is 167 Å². The molecule has 7 nitrogen and oxygen atoms in total. The fourth-order valence-corrected chi connectivity index (χ4v) is 4.07. The minimum Gasteiger partial charge on any atom is -0.335 e. The van der Waals surface area contributed by atoms with Gasteiger partial charge in [-0.3, -0.25) is 19.7 Å². The van der Waals surface area contributed by atoms with Crippen LogP contribution in [0.3, 0.4) is 0 Å². The standard InChI is InChI=1S/C18H16F3N3O4S/c1-11-14(24(27)28)10-15(29-11)17(26)23-8-6-22(7-9-23)16(25)12-4-2-3-5-13(12)18(19,20)21/h2-5,10H,6-9H2,1H3. The molecule has 154 valence electrons. The van der Waals surface area contributed by atoms with E-state index in [0.717, 1.165) is 23.5 Å². The van der Waals surface area contributed by atoms with Gasteiger partial charge in [-0.15, -0.1) is 11.3 Å². The van der Waals surface area contributed by atoms with Crippen molar-refractivity contribution in [1.29, 1.82) is 0 Å². The van der Waals surface area contributed by atoms with Crippen molar-refractivity contribution in [3.05, 3.63) is 61.3 Å². The van der Waals surface area contributed by atoms with Gasteiger partial charge in [0.25, 0.3) is 17.5 Å². The summed E-state index contributed by atoms with van der Waals surface area (Å²) >= 11 is 1.01. The van der Waals surface area contributed by atoms with Gasteiger partial charge in [-0.05, 0) is 19.1 Å². The zero-order valence-electron chi connectivity index (χ0n) is 15.2. The van der Waals surface area contributed by atoms with Gasteiger partial charge in [0.2, 0.25) is 0 Å². The summed E-state index contributed by atoms with van der Waals surface area (Å²) in [6.07, 6.45) is -4.64. The van der Waals surface area contributed by atoms with Gasteiger partial charge in [0, 0.05) is 32.2 Å². The third kappa shape index (κ3) is 4.24. The number of hydrogen-bond acceptors (Lipinski definition) is 5. The van der Waals surface area contributed by atoms with Gasteiger partial charge in [0.05, 0.1) is 25.8 Å². The van der Waals surface area contributed by atoms with E-state index in [0.29, 0.717) is 4.88 Å². The van der Waals surface area contributed by atoms with Crippen LogP contribution in [0.1, 0.15) is 30.5 Å². The first-order valence-corrected chi connectivity index (χ1v) is 9.41. The molecule has 29 heavy (non-hydrogen) atoms. The van der Waals surface area contributed by atoms with E-state index in [-0.39, 0.29) is 36.7 Å². The third-order valence-corrected chi connectivity index (χ3v) is 5.64. The highest BCUT2D eigenvalue weighted by molar-refractivity contribution is 7.14. The van der Waals surface area contributed by atoms with Crippen LogP contribution in [0, 0.1) is 17.0 Å². The minimum absolute atomic E-state index is 0.0726. The highest BCUT2D eigenvalue weighted by Gasteiger charge is 2.36. The van der Waals surface area contributed by atoms with Crippen LogP contribution in [0.2, 0.25) is 0 Å². The van der Waals surface area contributed by atoms with Crippen molar-refractivity contribution in [2.75, 3.05) is 26.2 Å². The van der Waals surface area contributed by atoms with Gasteiger partial charge in [-0.2, -0.15) is 13.2 Å². The molecular weight excluding hydrogens is 411 g/mol. The normalized spacial score (nSPS) is 14.8. The summed E-state index contributed by atoms with van der Waals surface area (Å²) in [4.78, 5) is 38.9. The van der Waals surface area contributed by atoms with E-state index in [1.165, 1.54) is 28.0 Å². The van der Waals surface area contributed by atoms with Crippen molar-refractivity contribution >= 4 is 28.8 Å². The number of piperazine rings is 1. The number of rotatable bonds is 3. The van der Waals surface area contributed by atoms with Crippen LogP contribution in [0.15, 0.2) is 30.3 Å². The number of carbonyl (C=O) groups excluding carboxylic acids is 2. The van der Waals surface area contributed by atoms with Gasteiger partial charge in [-0.1, -0.05) is 12.1 Å². The second-order valence-corrected chi connectivity index (χ2v) is 7.69. The Kier molecular flexibility index (Phi) is 5.60. The Hall–Kier alpha value is -2.95. The third-order valence-electron chi connectivity index (χ3n) is 4.62. The van der Waals surface area contributed by atoms with E-state index in [2.05, 4.69) is 0 Å². The molecule has 1 aliphatic rings. The van der Waals surface area contributed by atoms with Gasteiger partial charge in [0.15, 0.2) is 0 Å². The molecule has 0 radical (unpaired) electrons. The van der Waals surface area contributed by atoms with E-state index in [4.69, 9.17) is 0 Å². The summed E-state index contributed by atoms with van der Waals surface area (Å²) in [6, 6.07) is 5.81. The highest BCUT2D eigenvalue weighted by Crippen LogP contribution is 2.33. The summed E-state index contributed by atoms with van der Waals surface area (Å²) in [5, 5.41) is 10.9. The molecule has 1 aliphatic heterocycles. The summed E-state index contributed by atoms with van der Waals surface area (Å²) in [7, 11) is 0. The van der Waals surface area contributed by atoms with Crippen LogP contribution in [0.4, 0.5) is 18.9 Å². The number of nitro groups is 1. The average molecular weight is 427 g/mol. The second-order valence-electron chi connectivity index (χ2n) is 6.44. The number of hydrogen-bond donors (Lipinski definition) is 0. The summed E-state index contributed by atoms with van der Waals surface area (Å²) in [5.74, 6) is -1.14. The predicted octanol–water partition coefficient (Wildman–Crippen LogP) is 3.58. The van der Waals surface area contributed by atoms with Crippen LogP contribution in [-0.4, -0.2) is 52.7 Å². The Morgan fingerprint density at radius 2 is 1.62 bits per heavy atom. The van der Waals surface area contributed by atoms with Crippen molar-refractivity contribution in [2.24, 2.45) is 0 Å². The van der Waals surface area contributed by atoms with Crippen LogP contribution in [0.25, 0.3) is 0 Å². The molecule has 0 N–H and O–H groups in total. The van der Waals surface area contributed by atoms with Crippen molar-refractivity contribution in [2.45, 2.75) is 13.1 Å². The number of nitrogens with zero attached hydrogens (tertiary/aromatic N) is 3. The maximum absolute atomic E-state index is 13.2. The Bertz CT molecular complexity index is 966. The van der Waals surface area contributed by atoms with E-state index in [9.17, 15) is 32.9 Å². The molecule has 0 aliphatic carbocycles. The van der Waals surface area contributed by atoms with E-state index in [1.807, 2.05) is 0 Å². The first kappa shape index (κ1) is 20.8. The first-order chi connectivity index (χ1) is 13.6. The Balaban J connectivity index is 1.70. The fraction of sp³-hybridized carbons (Fsp3) is 0.333.